The summed E-state index contributed by atoms with van der Waals surface area (Å²) in [4.78, 5) is 16.0. The highest BCUT2D eigenvalue weighted by Gasteiger charge is 2.21. The lowest BCUT2D eigenvalue weighted by molar-refractivity contribution is -0.260. The van der Waals surface area contributed by atoms with E-state index < -0.39 is 29.3 Å². The Kier molecular flexibility index (Phi) is 11.6. The molecule has 0 aliphatic heterocycles. The number of aliphatic imine (C=N–C) groups is 1. The number of methoxy groups -OCH3 is 1. The number of allylic oxidation sites excluding steroid dienone is 3. The molecule has 2 aromatic carbocycles. The predicted octanol–water partition coefficient (Wildman–Crippen LogP) is 4.90. The molecular weight excluding hydrogens is 511 g/mol. The molecule has 0 spiro atoms. The second kappa shape index (κ2) is 14.4. The normalized spacial score (nSPS) is 13.9. The Bertz CT molecular complexity index is 1200. The van der Waals surface area contributed by atoms with E-state index in [-0.39, 0.29) is 41.7 Å². The zero-order chi connectivity index (χ0) is 28.3. The van der Waals surface area contributed by atoms with Crippen LogP contribution in [0.2, 0.25) is 5.02 Å². The van der Waals surface area contributed by atoms with Crippen molar-refractivity contribution < 1.29 is 28.5 Å². The Morgan fingerprint density at radius 1 is 1.18 bits per heavy atom. The van der Waals surface area contributed by atoms with E-state index >= 15 is 4.39 Å². The first-order valence-corrected chi connectivity index (χ1v) is 12.2. The monoisotopic (exact) mass is 543 g/mol. The third-order valence-electron chi connectivity index (χ3n) is 5.15. The van der Waals surface area contributed by atoms with Crippen LogP contribution in [0.5, 0.6) is 0 Å². The van der Waals surface area contributed by atoms with Gasteiger partial charge in [-0.1, -0.05) is 75.3 Å². The van der Waals surface area contributed by atoms with E-state index in [1.165, 1.54) is 13.2 Å². The van der Waals surface area contributed by atoms with Crippen molar-refractivity contribution in [3.8, 4) is 0 Å². The van der Waals surface area contributed by atoms with Crippen molar-refractivity contribution in [1.29, 1.82) is 0 Å². The number of carbonyl (C=O) groups excluding carboxylic acids is 1. The van der Waals surface area contributed by atoms with Crippen molar-refractivity contribution in [1.82, 2.24) is 0 Å². The van der Waals surface area contributed by atoms with E-state index in [1.54, 1.807) is 39.0 Å². The summed E-state index contributed by atoms with van der Waals surface area (Å²) < 4.78 is 31.4. The highest BCUT2D eigenvalue weighted by Crippen LogP contribution is 2.36. The fourth-order valence-electron chi connectivity index (χ4n) is 3.50. The number of primary amides is 1. The summed E-state index contributed by atoms with van der Waals surface area (Å²) in [5.74, 6) is -2.35. The van der Waals surface area contributed by atoms with Gasteiger partial charge >= 0.3 is 0 Å². The van der Waals surface area contributed by atoms with Crippen LogP contribution in [0.1, 0.15) is 43.4 Å². The number of nitrogens with zero attached hydrogens (tertiary/aromatic N) is 1. The lowest BCUT2D eigenvalue weighted by Crippen LogP contribution is -2.32. The Hall–Kier alpha value is -3.62. The van der Waals surface area contributed by atoms with Gasteiger partial charge < -0.3 is 25.1 Å². The van der Waals surface area contributed by atoms with Crippen molar-refractivity contribution >= 4 is 29.2 Å². The molecule has 0 saturated carbocycles. The van der Waals surface area contributed by atoms with Gasteiger partial charge in [-0.25, -0.2) is 4.39 Å². The Labute approximate surface area is 228 Å². The molecule has 1 unspecified atom stereocenters. The number of rotatable bonds is 12. The third kappa shape index (κ3) is 9.36. The van der Waals surface area contributed by atoms with Crippen molar-refractivity contribution in [3.05, 3.63) is 101 Å². The molecule has 2 N–H and O–H groups in total. The van der Waals surface area contributed by atoms with Gasteiger partial charge in [0.25, 0.3) is 0 Å². The zero-order valence-electron chi connectivity index (χ0n) is 22.0. The molecule has 0 fully saturated rings. The Morgan fingerprint density at radius 2 is 1.87 bits per heavy atom. The fraction of sp³-hybridized carbons (Fsp3) is 0.310. The van der Waals surface area contributed by atoms with Gasteiger partial charge in [-0.2, -0.15) is 0 Å². The SMILES string of the molecule is C=C/C(OCCOC)=C(F)\C(=C\C(N)=O)c1cc(C(CN=C([O-])OC(C)(C)C)c2ccccc2)ccc1Cl. The highest BCUT2D eigenvalue weighted by molar-refractivity contribution is 6.32. The molecule has 7 nitrogen and oxygen atoms in total. The van der Waals surface area contributed by atoms with E-state index in [2.05, 4.69) is 11.6 Å². The summed E-state index contributed by atoms with van der Waals surface area (Å²) in [6.45, 7) is 9.20. The summed E-state index contributed by atoms with van der Waals surface area (Å²) >= 11 is 6.48. The highest BCUT2D eigenvalue weighted by atomic mass is 35.5. The molecular formula is C29H33ClFN2O5-. The lowest BCUT2D eigenvalue weighted by Gasteiger charge is -2.30. The number of hydrogen-bond donors (Lipinski definition) is 1. The number of hydrogen-bond acceptors (Lipinski definition) is 6. The first-order valence-electron chi connectivity index (χ1n) is 11.9. The summed E-state index contributed by atoms with van der Waals surface area (Å²) in [5, 5.41) is 12.5. The standard InChI is InChI=1S/C29H34ClFN2O5/c1-6-25(37-15-14-36-5)27(31)22(17-26(32)34)21-16-20(12-13-24(21)30)23(19-10-8-7-9-11-19)18-33-28(35)38-29(2,3)4/h6-13,16-17,23H,1,14-15,18H2,2-5H3,(H2,32,34)(H,33,35)/p-1/b22-17+,27-25-. The van der Waals surface area contributed by atoms with Gasteiger partial charge in [-0.05, 0) is 29.3 Å². The molecule has 0 bridgehead atoms. The molecule has 2 aromatic rings. The van der Waals surface area contributed by atoms with E-state index in [0.29, 0.717) is 5.56 Å². The molecule has 0 aliphatic rings. The van der Waals surface area contributed by atoms with Crippen LogP contribution in [0.25, 0.3) is 5.57 Å². The fourth-order valence-corrected chi connectivity index (χ4v) is 3.72. The summed E-state index contributed by atoms with van der Waals surface area (Å²) in [6.07, 6.45) is 1.43. The maximum absolute atomic E-state index is 15.7. The predicted molar refractivity (Wildman–Crippen MR) is 146 cm³/mol. The number of nitrogens with two attached hydrogens (primary N) is 1. The number of benzene rings is 2. The average Bonchev–Trinajstić information content (AvgIpc) is 2.85. The van der Waals surface area contributed by atoms with Gasteiger partial charge in [-0.15, -0.1) is 0 Å². The first kappa shape index (κ1) is 30.6. The van der Waals surface area contributed by atoms with Gasteiger partial charge in [0.1, 0.15) is 12.7 Å². The van der Waals surface area contributed by atoms with E-state index in [1.807, 2.05) is 30.3 Å². The van der Waals surface area contributed by atoms with Gasteiger partial charge in [0, 0.05) is 40.9 Å². The lowest BCUT2D eigenvalue weighted by atomic mass is 9.89. The quantitative estimate of drug-likeness (QED) is 0.102. The minimum Gasteiger partial charge on any atom is -0.595 e. The first-order chi connectivity index (χ1) is 18.0. The minimum atomic E-state index is -0.878. The topological polar surface area (TPSA) is 106 Å². The van der Waals surface area contributed by atoms with Crippen LogP contribution in [0.3, 0.4) is 0 Å². The molecule has 38 heavy (non-hydrogen) atoms. The van der Waals surface area contributed by atoms with Gasteiger partial charge in [0.05, 0.1) is 13.2 Å². The van der Waals surface area contributed by atoms with Crippen LogP contribution in [-0.4, -0.2) is 44.5 Å². The van der Waals surface area contributed by atoms with E-state index in [9.17, 15) is 9.90 Å². The molecule has 0 aliphatic carbocycles. The van der Waals surface area contributed by atoms with Crippen LogP contribution in [0.4, 0.5) is 4.39 Å². The smallest absolute Gasteiger partial charge is 0.242 e. The Morgan fingerprint density at radius 3 is 2.45 bits per heavy atom. The molecule has 0 heterocycles. The minimum absolute atomic E-state index is 0.0607. The van der Waals surface area contributed by atoms with Crippen molar-refractivity contribution in [2.75, 3.05) is 26.9 Å². The zero-order valence-corrected chi connectivity index (χ0v) is 22.8. The maximum Gasteiger partial charge on any atom is 0.242 e. The van der Waals surface area contributed by atoms with Crippen molar-refractivity contribution in [2.24, 2.45) is 10.7 Å². The molecule has 0 radical (unpaired) electrons. The second-order valence-electron chi connectivity index (χ2n) is 9.21. The largest absolute Gasteiger partial charge is 0.595 e. The summed E-state index contributed by atoms with van der Waals surface area (Å²) in [5.41, 5.74) is 6.27. The van der Waals surface area contributed by atoms with Crippen LogP contribution in [-0.2, 0) is 19.0 Å². The van der Waals surface area contributed by atoms with E-state index in [4.69, 9.17) is 31.5 Å². The molecule has 1 amide bonds. The van der Waals surface area contributed by atoms with Crippen LogP contribution >= 0.6 is 11.6 Å². The molecule has 1 atom stereocenters. The van der Waals surface area contributed by atoms with Crippen LogP contribution in [0, 0.1) is 0 Å². The number of ether oxygens (including phenoxy) is 3. The van der Waals surface area contributed by atoms with Gasteiger partial charge in [0.2, 0.25) is 5.91 Å². The van der Waals surface area contributed by atoms with Crippen molar-refractivity contribution in [2.45, 2.75) is 32.3 Å². The number of halogens is 2. The average molecular weight is 544 g/mol. The van der Waals surface area contributed by atoms with Crippen LogP contribution in [0.15, 0.2) is 83.8 Å². The summed E-state index contributed by atoms with van der Waals surface area (Å²) in [6, 6.07) is 14.3. The third-order valence-corrected chi connectivity index (χ3v) is 5.48. The van der Waals surface area contributed by atoms with Crippen LogP contribution < -0.4 is 10.8 Å². The number of carbonyl (C=O) groups is 1. The Balaban J connectivity index is 2.62. The van der Waals surface area contributed by atoms with Gasteiger partial charge in [0.15, 0.2) is 11.6 Å². The molecule has 0 aromatic heterocycles. The molecule has 0 saturated heterocycles. The summed E-state index contributed by atoms with van der Waals surface area (Å²) in [7, 11) is 1.49. The maximum atomic E-state index is 15.7. The molecule has 9 heteroatoms. The molecule has 2 rings (SSSR count). The molecule has 204 valence electrons. The second-order valence-corrected chi connectivity index (χ2v) is 9.61. The van der Waals surface area contributed by atoms with E-state index in [0.717, 1.165) is 11.6 Å². The van der Waals surface area contributed by atoms with Crippen molar-refractivity contribution in [3.63, 3.8) is 0 Å². The number of amides is 1. The van der Waals surface area contributed by atoms with Gasteiger partial charge in [-0.3, -0.25) is 9.79 Å².